The van der Waals surface area contributed by atoms with Crippen molar-refractivity contribution >= 4 is 17.6 Å². The standard InChI is InChI=1S/C25H31NO3/c1-6-17-9-8-10-18(7-2)23(17)26-16-19(15-22(26)27)24(28)29-21-13-11-20(12-14-21)25(3,4)5/h8-14,19H,6-7,15-16H2,1-5H3/t19-/m1/s1. The molecule has 29 heavy (non-hydrogen) atoms. The molecule has 0 spiro atoms. The molecule has 1 heterocycles. The summed E-state index contributed by atoms with van der Waals surface area (Å²) in [5, 5.41) is 0. The van der Waals surface area contributed by atoms with Crippen molar-refractivity contribution in [1.82, 2.24) is 0 Å². The Hall–Kier alpha value is -2.62. The van der Waals surface area contributed by atoms with Crippen LogP contribution in [0, 0.1) is 5.92 Å². The second-order valence-corrected chi connectivity index (χ2v) is 8.73. The number of ether oxygens (including phenoxy) is 1. The summed E-state index contributed by atoms with van der Waals surface area (Å²) in [7, 11) is 0. The van der Waals surface area contributed by atoms with E-state index in [9.17, 15) is 9.59 Å². The Kier molecular flexibility index (Phi) is 6.11. The minimum absolute atomic E-state index is 0.00868. The van der Waals surface area contributed by atoms with Gasteiger partial charge in [0.2, 0.25) is 5.91 Å². The largest absolute Gasteiger partial charge is 0.426 e. The predicted molar refractivity (Wildman–Crippen MR) is 116 cm³/mol. The van der Waals surface area contributed by atoms with Gasteiger partial charge in [-0.2, -0.15) is 0 Å². The number of nitrogens with zero attached hydrogens (tertiary/aromatic N) is 1. The van der Waals surface area contributed by atoms with Crippen molar-refractivity contribution in [3.63, 3.8) is 0 Å². The molecule has 1 amide bonds. The van der Waals surface area contributed by atoms with Crippen molar-refractivity contribution in [2.45, 2.75) is 59.3 Å². The van der Waals surface area contributed by atoms with Gasteiger partial charge in [-0.3, -0.25) is 9.59 Å². The Morgan fingerprint density at radius 1 is 1.03 bits per heavy atom. The summed E-state index contributed by atoms with van der Waals surface area (Å²) in [6.07, 6.45) is 1.89. The van der Waals surface area contributed by atoms with Crippen LogP contribution < -0.4 is 9.64 Å². The zero-order valence-electron chi connectivity index (χ0n) is 18.1. The van der Waals surface area contributed by atoms with Gasteiger partial charge in [-0.05, 0) is 47.1 Å². The lowest BCUT2D eigenvalue weighted by atomic mass is 9.87. The Morgan fingerprint density at radius 2 is 1.62 bits per heavy atom. The van der Waals surface area contributed by atoms with Gasteiger partial charge in [0.15, 0.2) is 0 Å². The fraction of sp³-hybridized carbons (Fsp3) is 0.440. The second kappa shape index (κ2) is 8.40. The summed E-state index contributed by atoms with van der Waals surface area (Å²) < 4.78 is 5.59. The number of para-hydroxylation sites is 1. The van der Waals surface area contributed by atoms with E-state index in [0.717, 1.165) is 29.7 Å². The molecule has 1 aliphatic heterocycles. The molecule has 0 unspecified atom stereocenters. The summed E-state index contributed by atoms with van der Waals surface area (Å²) in [5.74, 6) is -0.265. The number of carbonyl (C=O) groups excluding carboxylic acids is 2. The zero-order chi connectivity index (χ0) is 21.2. The van der Waals surface area contributed by atoms with Gasteiger partial charge < -0.3 is 9.64 Å². The molecule has 2 aromatic rings. The molecular weight excluding hydrogens is 362 g/mol. The summed E-state index contributed by atoms with van der Waals surface area (Å²) in [5.41, 5.74) is 4.49. The molecule has 3 rings (SSSR count). The fourth-order valence-corrected chi connectivity index (χ4v) is 3.87. The average Bonchev–Trinajstić information content (AvgIpc) is 3.08. The van der Waals surface area contributed by atoms with E-state index in [0.29, 0.717) is 12.3 Å². The van der Waals surface area contributed by atoms with E-state index >= 15 is 0 Å². The lowest BCUT2D eigenvalue weighted by molar-refractivity contribution is -0.139. The molecule has 1 aliphatic rings. The van der Waals surface area contributed by atoms with Gasteiger partial charge >= 0.3 is 5.97 Å². The maximum Gasteiger partial charge on any atom is 0.316 e. The molecule has 4 nitrogen and oxygen atoms in total. The zero-order valence-corrected chi connectivity index (χ0v) is 18.1. The van der Waals surface area contributed by atoms with Crippen molar-refractivity contribution in [3.8, 4) is 5.75 Å². The topological polar surface area (TPSA) is 46.6 Å². The molecule has 0 N–H and O–H groups in total. The van der Waals surface area contributed by atoms with Crippen LogP contribution >= 0.6 is 0 Å². The molecule has 1 saturated heterocycles. The molecule has 0 radical (unpaired) electrons. The van der Waals surface area contributed by atoms with Gasteiger partial charge in [0, 0.05) is 18.7 Å². The number of hydrogen-bond donors (Lipinski definition) is 0. The highest BCUT2D eigenvalue weighted by molar-refractivity contribution is 6.00. The van der Waals surface area contributed by atoms with Gasteiger partial charge in [0.25, 0.3) is 0 Å². The van der Waals surface area contributed by atoms with Crippen LogP contribution in [0.1, 0.15) is 57.7 Å². The number of amides is 1. The predicted octanol–water partition coefficient (Wildman–Crippen LogP) is 5.07. The molecule has 0 bridgehead atoms. The summed E-state index contributed by atoms with van der Waals surface area (Å²) >= 11 is 0. The first kappa shape index (κ1) is 21.1. The van der Waals surface area contributed by atoms with Gasteiger partial charge in [0.05, 0.1) is 5.92 Å². The number of carbonyl (C=O) groups is 2. The van der Waals surface area contributed by atoms with Crippen molar-refractivity contribution in [1.29, 1.82) is 0 Å². The van der Waals surface area contributed by atoms with Crippen LogP contribution in [-0.4, -0.2) is 18.4 Å². The first-order valence-corrected chi connectivity index (χ1v) is 10.5. The van der Waals surface area contributed by atoms with Gasteiger partial charge in [0.1, 0.15) is 5.75 Å². The smallest absolute Gasteiger partial charge is 0.316 e. The summed E-state index contributed by atoms with van der Waals surface area (Å²) in [6, 6.07) is 13.8. The minimum Gasteiger partial charge on any atom is -0.426 e. The van der Waals surface area contributed by atoms with Crippen LogP contribution in [0.5, 0.6) is 5.75 Å². The van der Waals surface area contributed by atoms with E-state index in [2.05, 4.69) is 46.8 Å². The molecule has 4 heteroatoms. The van der Waals surface area contributed by atoms with E-state index in [1.54, 1.807) is 4.90 Å². The number of aryl methyl sites for hydroxylation is 2. The number of benzene rings is 2. The highest BCUT2D eigenvalue weighted by Crippen LogP contribution is 2.33. The van der Waals surface area contributed by atoms with Crippen molar-refractivity contribution in [2.75, 3.05) is 11.4 Å². The molecule has 154 valence electrons. The van der Waals surface area contributed by atoms with E-state index in [4.69, 9.17) is 4.74 Å². The minimum atomic E-state index is -0.445. The van der Waals surface area contributed by atoms with Crippen LogP contribution in [-0.2, 0) is 27.8 Å². The van der Waals surface area contributed by atoms with Gasteiger partial charge in [-0.25, -0.2) is 0 Å². The van der Waals surface area contributed by atoms with Crippen molar-refractivity contribution in [2.24, 2.45) is 5.92 Å². The molecular formula is C25H31NO3. The van der Waals surface area contributed by atoms with Crippen LogP contribution in [0.25, 0.3) is 0 Å². The lowest BCUT2D eigenvalue weighted by Crippen LogP contribution is -2.29. The molecule has 0 saturated carbocycles. The monoisotopic (exact) mass is 393 g/mol. The number of rotatable bonds is 5. The van der Waals surface area contributed by atoms with E-state index < -0.39 is 5.92 Å². The van der Waals surface area contributed by atoms with Gasteiger partial charge in [-0.15, -0.1) is 0 Å². The van der Waals surface area contributed by atoms with Crippen molar-refractivity contribution < 1.29 is 14.3 Å². The Labute approximate surface area is 173 Å². The first-order chi connectivity index (χ1) is 13.7. The SMILES string of the molecule is CCc1cccc(CC)c1N1C[C@H](C(=O)Oc2ccc(C(C)(C)C)cc2)CC1=O. The number of anilines is 1. The van der Waals surface area contributed by atoms with E-state index in [1.807, 2.05) is 30.3 Å². The Morgan fingerprint density at radius 3 is 2.14 bits per heavy atom. The first-order valence-electron chi connectivity index (χ1n) is 10.5. The fourth-order valence-electron chi connectivity index (χ4n) is 3.87. The second-order valence-electron chi connectivity index (χ2n) is 8.73. The van der Waals surface area contributed by atoms with E-state index in [1.165, 1.54) is 5.56 Å². The molecule has 1 atom stereocenters. The van der Waals surface area contributed by atoms with Gasteiger partial charge in [-0.1, -0.05) is 65.0 Å². The number of esters is 1. The highest BCUT2D eigenvalue weighted by atomic mass is 16.5. The maximum atomic E-state index is 12.8. The lowest BCUT2D eigenvalue weighted by Gasteiger charge is -2.23. The van der Waals surface area contributed by atoms with E-state index in [-0.39, 0.29) is 23.7 Å². The third-order valence-electron chi connectivity index (χ3n) is 5.63. The molecule has 0 aromatic heterocycles. The third kappa shape index (κ3) is 4.52. The van der Waals surface area contributed by atoms with Crippen LogP contribution in [0.2, 0.25) is 0 Å². The van der Waals surface area contributed by atoms with Crippen LogP contribution in [0.15, 0.2) is 42.5 Å². The molecule has 0 aliphatic carbocycles. The highest BCUT2D eigenvalue weighted by Gasteiger charge is 2.37. The average molecular weight is 394 g/mol. The Bertz CT molecular complexity index is 871. The molecule has 2 aromatic carbocycles. The maximum absolute atomic E-state index is 12.8. The Balaban J connectivity index is 1.74. The van der Waals surface area contributed by atoms with Crippen LogP contribution in [0.3, 0.4) is 0 Å². The van der Waals surface area contributed by atoms with Crippen LogP contribution in [0.4, 0.5) is 5.69 Å². The number of hydrogen-bond acceptors (Lipinski definition) is 3. The quantitative estimate of drug-likeness (QED) is 0.526. The summed E-state index contributed by atoms with van der Waals surface area (Å²) in [6.45, 7) is 11.0. The van der Waals surface area contributed by atoms with Crippen molar-refractivity contribution in [3.05, 3.63) is 59.2 Å². The third-order valence-corrected chi connectivity index (χ3v) is 5.63. The normalized spacial score (nSPS) is 16.9. The molecule has 1 fully saturated rings. The summed E-state index contributed by atoms with van der Waals surface area (Å²) in [4.78, 5) is 27.3.